The molecule has 130 valence electrons. The molecule has 0 saturated heterocycles. The number of carbonyl (C=O) groups is 1. The van der Waals surface area contributed by atoms with E-state index >= 15 is 0 Å². The number of nitrogens with zero attached hydrogens (tertiary/aromatic N) is 5. The molecule has 2 aromatic heterocycles. The first-order valence-corrected chi connectivity index (χ1v) is 8.89. The molecule has 25 heavy (non-hydrogen) atoms. The van der Waals surface area contributed by atoms with E-state index in [9.17, 15) is 4.79 Å². The van der Waals surface area contributed by atoms with E-state index in [1.165, 1.54) is 0 Å². The molecule has 0 atom stereocenters. The fourth-order valence-corrected chi connectivity index (χ4v) is 2.94. The molecule has 2 heterocycles. The second-order valence-corrected chi connectivity index (χ2v) is 6.80. The number of amides is 1. The van der Waals surface area contributed by atoms with Crippen LogP contribution in [-0.4, -0.2) is 37.4 Å². The van der Waals surface area contributed by atoms with Gasteiger partial charge in [-0.1, -0.05) is 12.1 Å². The van der Waals surface area contributed by atoms with Gasteiger partial charge in [0, 0.05) is 31.5 Å². The van der Waals surface area contributed by atoms with Gasteiger partial charge in [-0.25, -0.2) is 0 Å². The molecule has 3 rings (SSSR count). The molecule has 0 aliphatic rings. The summed E-state index contributed by atoms with van der Waals surface area (Å²) in [5.74, 6) is -0.0189. The molecule has 0 saturated carbocycles. The van der Waals surface area contributed by atoms with Crippen LogP contribution in [0.25, 0.3) is 0 Å². The van der Waals surface area contributed by atoms with Crippen molar-refractivity contribution in [3.05, 3.63) is 70.2 Å². The number of benzene rings is 1. The molecule has 0 radical (unpaired) electrons. The topological polar surface area (TPSA) is 56.0 Å². The molecule has 0 aliphatic heterocycles. The quantitative estimate of drug-likeness (QED) is 0.637. The zero-order valence-electron chi connectivity index (χ0n) is 14.3. The van der Waals surface area contributed by atoms with Crippen LogP contribution in [0.4, 0.5) is 0 Å². The van der Waals surface area contributed by atoms with E-state index in [0.717, 1.165) is 22.3 Å². The van der Waals surface area contributed by atoms with E-state index in [1.807, 2.05) is 59.0 Å². The average Bonchev–Trinajstić information content (AvgIpc) is 3.23. The Bertz CT molecular complexity index is 870. The first-order valence-electron chi connectivity index (χ1n) is 8.10. The van der Waals surface area contributed by atoms with Gasteiger partial charge in [-0.2, -0.15) is 10.2 Å². The maximum absolute atomic E-state index is 12.7. The van der Waals surface area contributed by atoms with Crippen molar-refractivity contribution in [2.75, 3.05) is 7.05 Å². The van der Waals surface area contributed by atoms with Crippen molar-refractivity contribution in [3.63, 3.8) is 0 Å². The van der Waals surface area contributed by atoms with Gasteiger partial charge in [-0.15, -0.1) is 0 Å². The third kappa shape index (κ3) is 4.36. The third-order valence-electron chi connectivity index (χ3n) is 3.89. The number of hydrogen-bond donors (Lipinski definition) is 0. The van der Waals surface area contributed by atoms with E-state index in [2.05, 4.69) is 26.1 Å². The van der Waals surface area contributed by atoms with Crippen LogP contribution in [-0.2, 0) is 19.6 Å². The minimum absolute atomic E-state index is 0.0189. The molecule has 1 aromatic carbocycles. The molecular weight excluding hydrogens is 382 g/mol. The van der Waals surface area contributed by atoms with Crippen molar-refractivity contribution >= 4 is 21.8 Å². The largest absolute Gasteiger partial charge is 0.336 e. The maximum Gasteiger partial charge on any atom is 0.253 e. The molecule has 0 aliphatic carbocycles. The van der Waals surface area contributed by atoms with Crippen LogP contribution in [0.2, 0.25) is 0 Å². The number of hydrogen-bond acceptors (Lipinski definition) is 3. The van der Waals surface area contributed by atoms with Crippen LogP contribution in [0.15, 0.2) is 53.4 Å². The summed E-state index contributed by atoms with van der Waals surface area (Å²) in [5, 5.41) is 8.68. The molecule has 0 N–H and O–H groups in total. The molecule has 6 nitrogen and oxygen atoms in total. The van der Waals surface area contributed by atoms with Gasteiger partial charge in [-0.3, -0.25) is 14.2 Å². The predicted octanol–water partition coefficient (Wildman–Crippen LogP) is 3.18. The monoisotopic (exact) mass is 401 g/mol. The summed E-state index contributed by atoms with van der Waals surface area (Å²) < 4.78 is 4.62. The van der Waals surface area contributed by atoms with E-state index in [1.54, 1.807) is 18.1 Å². The van der Waals surface area contributed by atoms with Gasteiger partial charge in [0.2, 0.25) is 0 Å². The van der Waals surface area contributed by atoms with Crippen LogP contribution >= 0.6 is 15.9 Å². The lowest BCUT2D eigenvalue weighted by Gasteiger charge is -2.16. The Morgan fingerprint density at radius 3 is 2.80 bits per heavy atom. The van der Waals surface area contributed by atoms with Gasteiger partial charge in [0.1, 0.15) is 0 Å². The Morgan fingerprint density at radius 2 is 2.12 bits per heavy atom. The summed E-state index contributed by atoms with van der Waals surface area (Å²) >= 11 is 3.39. The normalized spacial score (nSPS) is 10.8. The molecule has 0 fully saturated rings. The van der Waals surface area contributed by atoms with E-state index in [-0.39, 0.29) is 5.91 Å². The smallest absolute Gasteiger partial charge is 0.253 e. The first-order chi connectivity index (χ1) is 12.0. The van der Waals surface area contributed by atoms with Crippen molar-refractivity contribution in [2.45, 2.75) is 26.6 Å². The summed E-state index contributed by atoms with van der Waals surface area (Å²) in [4.78, 5) is 14.4. The Morgan fingerprint density at radius 1 is 1.28 bits per heavy atom. The van der Waals surface area contributed by atoms with Crippen molar-refractivity contribution in [1.29, 1.82) is 0 Å². The number of aromatic nitrogens is 4. The lowest BCUT2D eigenvalue weighted by atomic mass is 10.1. The lowest BCUT2D eigenvalue weighted by Crippen LogP contribution is -2.26. The summed E-state index contributed by atoms with van der Waals surface area (Å²) in [6, 6.07) is 9.60. The zero-order valence-corrected chi connectivity index (χ0v) is 15.8. The molecule has 0 spiro atoms. The SMILES string of the molecule is CCn1ccc(CN(C)C(=O)c2cccc(Cn3cc(Br)cn3)c2)n1. The summed E-state index contributed by atoms with van der Waals surface area (Å²) in [5.41, 5.74) is 2.58. The van der Waals surface area contributed by atoms with Gasteiger partial charge < -0.3 is 4.90 Å². The number of rotatable bonds is 6. The van der Waals surface area contributed by atoms with E-state index in [4.69, 9.17) is 0 Å². The van der Waals surface area contributed by atoms with Crippen molar-refractivity contribution < 1.29 is 4.79 Å². The highest BCUT2D eigenvalue weighted by atomic mass is 79.9. The van der Waals surface area contributed by atoms with Gasteiger partial charge in [0.05, 0.1) is 29.5 Å². The Labute approximate surface area is 155 Å². The highest BCUT2D eigenvalue weighted by Crippen LogP contribution is 2.13. The van der Waals surface area contributed by atoms with Crippen molar-refractivity contribution in [3.8, 4) is 0 Å². The first kappa shape index (κ1) is 17.4. The minimum Gasteiger partial charge on any atom is -0.336 e. The number of halogens is 1. The predicted molar refractivity (Wildman–Crippen MR) is 99.2 cm³/mol. The summed E-state index contributed by atoms with van der Waals surface area (Å²) in [7, 11) is 1.80. The Hall–Kier alpha value is -2.41. The maximum atomic E-state index is 12.7. The molecule has 3 aromatic rings. The van der Waals surface area contributed by atoms with Crippen molar-refractivity contribution in [1.82, 2.24) is 24.5 Å². The summed E-state index contributed by atoms with van der Waals surface area (Å²) in [6.07, 6.45) is 5.58. The zero-order chi connectivity index (χ0) is 17.8. The second-order valence-electron chi connectivity index (χ2n) is 5.88. The van der Waals surface area contributed by atoms with Crippen LogP contribution in [0, 0.1) is 0 Å². The van der Waals surface area contributed by atoms with Crippen LogP contribution in [0.1, 0.15) is 28.5 Å². The average molecular weight is 402 g/mol. The molecule has 7 heteroatoms. The fourth-order valence-electron chi connectivity index (χ4n) is 2.61. The van der Waals surface area contributed by atoms with Crippen molar-refractivity contribution in [2.24, 2.45) is 0 Å². The Balaban J connectivity index is 1.69. The van der Waals surface area contributed by atoms with Gasteiger partial charge in [0.15, 0.2) is 0 Å². The minimum atomic E-state index is -0.0189. The van der Waals surface area contributed by atoms with E-state index < -0.39 is 0 Å². The van der Waals surface area contributed by atoms with Crippen LogP contribution < -0.4 is 0 Å². The molecule has 1 amide bonds. The van der Waals surface area contributed by atoms with Crippen LogP contribution in [0.5, 0.6) is 0 Å². The fraction of sp³-hybridized carbons (Fsp3) is 0.278. The second kappa shape index (κ2) is 7.65. The summed E-state index contributed by atoms with van der Waals surface area (Å²) in [6.45, 7) is 3.97. The van der Waals surface area contributed by atoms with Gasteiger partial charge >= 0.3 is 0 Å². The Kier molecular flexibility index (Phi) is 5.33. The lowest BCUT2D eigenvalue weighted by molar-refractivity contribution is 0.0783. The number of aryl methyl sites for hydroxylation is 1. The van der Waals surface area contributed by atoms with Crippen LogP contribution in [0.3, 0.4) is 0 Å². The standard InChI is InChI=1S/C18H20BrN5O/c1-3-23-8-7-17(21-23)13-22(2)18(25)15-6-4-5-14(9-15)11-24-12-16(19)10-20-24/h4-10,12H,3,11,13H2,1-2H3. The highest BCUT2D eigenvalue weighted by molar-refractivity contribution is 9.10. The molecule has 0 bridgehead atoms. The molecule has 0 unspecified atom stereocenters. The highest BCUT2D eigenvalue weighted by Gasteiger charge is 2.14. The van der Waals surface area contributed by atoms with Gasteiger partial charge in [-0.05, 0) is 46.6 Å². The van der Waals surface area contributed by atoms with E-state index in [0.29, 0.717) is 18.7 Å². The molecular formula is C18H20BrN5O. The van der Waals surface area contributed by atoms with Gasteiger partial charge in [0.25, 0.3) is 5.91 Å². The number of carbonyl (C=O) groups excluding carboxylic acids is 1. The third-order valence-corrected chi connectivity index (χ3v) is 4.30.